The molecule has 1 amide bonds. The minimum absolute atomic E-state index is 0.0697. The molecule has 4 nitrogen and oxygen atoms in total. The summed E-state index contributed by atoms with van der Waals surface area (Å²) in [7, 11) is 0. The number of benzene rings is 1. The van der Waals surface area contributed by atoms with Crippen molar-refractivity contribution in [1.29, 1.82) is 5.26 Å². The first-order valence-electron chi connectivity index (χ1n) is 5.89. The van der Waals surface area contributed by atoms with Gasteiger partial charge in [0.2, 0.25) is 0 Å². The lowest BCUT2D eigenvalue weighted by atomic mass is 10.2. The minimum Gasteiger partial charge on any atom is -0.320 e. The first-order valence-corrected chi connectivity index (χ1v) is 6.65. The average molecular weight is 318 g/mol. The van der Waals surface area contributed by atoms with Gasteiger partial charge in [-0.2, -0.15) is 5.26 Å². The first-order chi connectivity index (χ1) is 10.1. The molecule has 0 spiro atoms. The van der Waals surface area contributed by atoms with Gasteiger partial charge in [0.15, 0.2) is 0 Å². The highest BCUT2D eigenvalue weighted by Crippen LogP contribution is 2.25. The molecule has 1 aromatic heterocycles. The number of anilines is 1. The second kappa shape index (κ2) is 6.89. The van der Waals surface area contributed by atoms with Gasteiger partial charge < -0.3 is 5.32 Å². The van der Waals surface area contributed by atoms with Crippen molar-refractivity contribution in [3.8, 4) is 6.07 Å². The van der Waals surface area contributed by atoms with Crippen LogP contribution in [0.5, 0.6) is 0 Å². The Kier molecular flexibility index (Phi) is 4.94. The number of nitrogens with zero attached hydrogens (tertiary/aromatic N) is 2. The van der Waals surface area contributed by atoms with Crippen LogP contribution in [-0.2, 0) is 4.79 Å². The van der Waals surface area contributed by atoms with Gasteiger partial charge in [0, 0.05) is 11.2 Å². The summed E-state index contributed by atoms with van der Waals surface area (Å²) >= 11 is 11.7. The third kappa shape index (κ3) is 4.06. The number of hydrogen-bond donors (Lipinski definition) is 1. The number of pyridine rings is 1. The third-order valence-electron chi connectivity index (χ3n) is 2.52. The Morgan fingerprint density at radius 3 is 2.71 bits per heavy atom. The number of nitrogens with one attached hydrogen (secondary N) is 1. The summed E-state index contributed by atoms with van der Waals surface area (Å²) in [6.45, 7) is 0. The van der Waals surface area contributed by atoms with Gasteiger partial charge in [-0.25, -0.2) is 0 Å². The lowest BCUT2D eigenvalue weighted by Gasteiger charge is -2.06. The standard InChI is InChI=1S/C15H9Cl2N3O/c16-11-4-5-14(13(17)8-11)20-15(21)10(9-18)7-12-3-1-2-6-19-12/h1-8H,(H,20,21). The maximum absolute atomic E-state index is 12.1. The predicted octanol–water partition coefficient (Wildman–Crippen LogP) is 3.93. The number of rotatable bonds is 3. The number of carbonyl (C=O) groups is 1. The second-order valence-corrected chi connectivity index (χ2v) is 4.85. The third-order valence-corrected chi connectivity index (χ3v) is 3.07. The quantitative estimate of drug-likeness (QED) is 0.689. The van der Waals surface area contributed by atoms with Crippen LogP contribution in [0.1, 0.15) is 5.69 Å². The number of halogens is 2. The number of aromatic nitrogens is 1. The van der Waals surface area contributed by atoms with Crippen molar-refractivity contribution in [2.75, 3.05) is 5.32 Å². The highest BCUT2D eigenvalue weighted by molar-refractivity contribution is 6.36. The van der Waals surface area contributed by atoms with Crippen molar-refractivity contribution in [3.63, 3.8) is 0 Å². The normalized spacial score (nSPS) is 10.8. The summed E-state index contributed by atoms with van der Waals surface area (Å²) < 4.78 is 0. The molecule has 0 fully saturated rings. The SMILES string of the molecule is N#CC(=Cc1ccccn1)C(=O)Nc1ccc(Cl)cc1Cl. The highest BCUT2D eigenvalue weighted by Gasteiger charge is 2.11. The van der Waals surface area contributed by atoms with Crippen LogP contribution in [-0.4, -0.2) is 10.9 Å². The van der Waals surface area contributed by atoms with E-state index >= 15 is 0 Å². The molecule has 0 saturated carbocycles. The Hall–Kier alpha value is -2.35. The van der Waals surface area contributed by atoms with Crippen molar-refractivity contribution in [2.24, 2.45) is 0 Å². The second-order valence-electron chi connectivity index (χ2n) is 4.00. The zero-order chi connectivity index (χ0) is 15.2. The molecule has 1 heterocycles. The average Bonchev–Trinajstić information content (AvgIpc) is 2.48. The van der Waals surface area contributed by atoms with Crippen LogP contribution in [0.25, 0.3) is 6.08 Å². The van der Waals surface area contributed by atoms with E-state index in [4.69, 9.17) is 28.5 Å². The maximum atomic E-state index is 12.1. The van der Waals surface area contributed by atoms with Gasteiger partial charge in [0.1, 0.15) is 11.6 Å². The summed E-state index contributed by atoms with van der Waals surface area (Å²) in [5.74, 6) is -0.563. The molecule has 0 bridgehead atoms. The van der Waals surface area contributed by atoms with Gasteiger partial charge in [0.25, 0.3) is 5.91 Å². The number of carbonyl (C=O) groups excluding carboxylic acids is 1. The van der Waals surface area contributed by atoms with Crippen LogP contribution in [0.15, 0.2) is 48.2 Å². The van der Waals surface area contributed by atoms with Crippen molar-refractivity contribution >= 4 is 40.9 Å². The Morgan fingerprint density at radius 1 is 1.29 bits per heavy atom. The lowest BCUT2D eigenvalue weighted by Crippen LogP contribution is -2.13. The molecule has 1 aromatic carbocycles. The van der Waals surface area contributed by atoms with Crippen LogP contribution in [0.3, 0.4) is 0 Å². The fourth-order valence-corrected chi connectivity index (χ4v) is 1.99. The molecular weight excluding hydrogens is 309 g/mol. The fraction of sp³-hybridized carbons (Fsp3) is 0. The Morgan fingerprint density at radius 2 is 2.10 bits per heavy atom. The van der Waals surface area contributed by atoms with Crippen LogP contribution in [0, 0.1) is 11.3 Å². The zero-order valence-corrected chi connectivity index (χ0v) is 12.2. The topological polar surface area (TPSA) is 65.8 Å². The molecular formula is C15H9Cl2N3O. The lowest BCUT2D eigenvalue weighted by molar-refractivity contribution is -0.112. The van der Waals surface area contributed by atoms with Crippen LogP contribution in [0.4, 0.5) is 5.69 Å². The predicted molar refractivity (Wildman–Crippen MR) is 82.9 cm³/mol. The van der Waals surface area contributed by atoms with Gasteiger partial charge in [-0.3, -0.25) is 9.78 Å². The molecule has 0 aliphatic carbocycles. The van der Waals surface area contributed by atoms with Gasteiger partial charge in [-0.05, 0) is 36.4 Å². The van der Waals surface area contributed by atoms with E-state index in [1.165, 1.54) is 12.1 Å². The summed E-state index contributed by atoms with van der Waals surface area (Å²) in [5, 5.41) is 12.4. The summed E-state index contributed by atoms with van der Waals surface area (Å²) in [5.41, 5.74) is 0.833. The van der Waals surface area contributed by atoms with Crippen LogP contribution in [0.2, 0.25) is 10.0 Å². The molecule has 2 rings (SSSR count). The monoisotopic (exact) mass is 317 g/mol. The van der Waals surface area contributed by atoms with E-state index in [1.54, 1.807) is 36.5 Å². The molecule has 2 aromatic rings. The zero-order valence-electron chi connectivity index (χ0n) is 10.7. The fourth-order valence-electron chi connectivity index (χ4n) is 1.54. The van der Waals surface area contributed by atoms with Gasteiger partial charge >= 0.3 is 0 Å². The van der Waals surface area contributed by atoms with Crippen LogP contribution < -0.4 is 5.32 Å². The van der Waals surface area contributed by atoms with Crippen molar-refractivity contribution in [3.05, 3.63) is 63.9 Å². The minimum atomic E-state index is -0.563. The number of hydrogen-bond acceptors (Lipinski definition) is 3. The first kappa shape index (κ1) is 15.0. The van der Waals surface area contributed by atoms with E-state index in [9.17, 15) is 4.79 Å². The molecule has 6 heteroatoms. The van der Waals surface area contributed by atoms with E-state index in [-0.39, 0.29) is 5.57 Å². The molecule has 1 N–H and O–H groups in total. The molecule has 104 valence electrons. The molecule has 0 unspecified atom stereocenters. The molecule has 0 aliphatic heterocycles. The Bertz CT molecular complexity index is 736. The molecule has 21 heavy (non-hydrogen) atoms. The number of nitriles is 1. The number of amides is 1. The summed E-state index contributed by atoms with van der Waals surface area (Å²) in [6.07, 6.45) is 2.98. The Labute approximate surface area is 131 Å². The molecule has 0 radical (unpaired) electrons. The largest absolute Gasteiger partial charge is 0.320 e. The molecule has 0 atom stereocenters. The van der Waals surface area contributed by atoms with E-state index < -0.39 is 5.91 Å². The maximum Gasteiger partial charge on any atom is 0.266 e. The van der Waals surface area contributed by atoms with E-state index in [2.05, 4.69) is 10.3 Å². The van der Waals surface area contributed by atoms with E-state index in [1.807, 2.05) is 6.07 Å². The molecule has 0 saturated heterocycles. The highest BCUT2D eigenvalue weighted by atomic mass is 35.5. The van der Waals surface area contributed by atoms with Gasteiger partial charge in [-0.15, -0.1) is 0 Å². The van der Waals surface area contributed by atoms with Crippen molar-refractivity contribution < 1.29 is 4.79 Å². The van der Waals surface area contributed by atoms with Crippen molar-refractivity contribution in [2.45, 2.75) is 0 Å². The Balaban J connectivity index is 2.22. The summed E-state index contributed by atoms with van der Waals surface area (Å²) in [4.78, 5) is 16.1. The van der Waals surface area contributed by atoms with E-state index in [0.29, 0.717) is 21.4 Å². The van der Waals surface area contributed by atoms with E-state index in [0.717, 1.165) is 0 Å². The van der Waals surface area contributed by atoms with Gasteiger partial charge in [-0.1, -0.05) is 29.3 Å². The van der Waals surface area contributed by atoms with Crippen molar-refractivity contribution in [1.82, 2.24) is 4.98 Å². The smallest absolute Gasteiger partial charge is 0.266 e. The summed E-state index contributed by atoms with van der Waals surface area (Å²) in [6, 6.07) is 11.7. The van der Waals surface area contributed by atoms with Gasteiger partial charge in [0.05, 0.1) is 16.4 Å². The van der Waals surface area contributed by atoms with Crippen LogP contribution >= 0.6 is 23.2 Å². The molecule has 0 aliphatic rings.